The highest BCUT2D eigenvalue weighted by Crippen LogP contribution is 2.54. The van der Waals surface area contributed by atoms with Gasteiger partial charge < -0.3 is 0 Å². The molecule has 0 bridgehead atoms. The molecule has 0 saturated heterocycles. The van der Waals surface area contributed by atoms with Crippen LogP contribution in [0.1, 0.15) is 24.5 Å². The number of rotatable bonds is 3. The summed E-state index contributed by atoms with van der Waals surface area (Å²) in [6, 6.07) is 21.1. The van der Waals surface area contributed by atoms with Crippen molar-refractivity contribution in [3.05, 3.63) is 90.0 Å². The van der Waals surface area contributed by atoms with E-state index in [0.29, 0.717) is 0 Å². The van der Waals surface area contributed by atoms with E-state index in [1.54, 1.807) is 0 Å². The Balaban J connectivity index is 1.83. The first-order valence-electron chi connectivity index (χ1n) is 6.71. The van der Waals surface area contributed by atoms with E-state index in [0.717, 1.165) is 12.0 Å². The van der Waals surface area contributed by atoms with Crippen LogP contribution >= 0.6 is 0 Å². The molecule has 0 N–H and O–H groups in total. The quantitative estimate of drug-likeness (QED) is 0.716. The van der Waals surface area contributed by atoms with Crippen LogP contribution in [-0.2, 0) is 5.41 Å². The van der Waals surface area contributed by atoms with E-state index in [1.165, 1.54) is 16.7 Å². The Morgan fingerprint density at radius 1 is 1.00 bits per heavy atom. The zero-order chi connectivity index (χ0) is 13.3. The summed E-state index contributed by atoms with van der Waals surface area (Å²) in [4.78, 5) is 0. The molecule has 0 heterocycles. The van der Waals surface area contributed by atoms with E-state index in [9.17, 15) is 0 Å². The summed E-state index contributed by atoms with van der Waals surface area (Å²) in [7, 11) is 0. The third-order valence-electron chi connectivity index (χ3n) is 4.03. The summed E-state index contributed by atoms with van der Waals surface area (Å²) in [5.74, 6) is 0. The zero-order valence-corrected chi connectivity index (χ0v) is 11.3. The fourth-order valence-corrected chi connectivity index (χ4v) is 2.59. The van der Waals surface area contributed by atoms with Crippen LogP contribution in [0.2, 0.25) is 0 Å². The van der Waals surface area contributed by atoms with Gasteiger partial charge in [-0.2, -0.15) is 0 Å². The van der Waals surface area contributed by atoms with Gasteiger partial charge in [0.15, 0.2) is 0 Å². The Kier molecular flexibility index (Phi) is 2.87. The van der Waals surface area contributed by atoms with Crippen molar-refractivity contribution in [2.45, 2.75) is 18.8 Å². The molecule has 1 fully saturated rings. The minimum atomic E-state index is 0.221. The van der Waals surface area contributed by atoms with E-state index in [-0.39, 0.29) is 5.41 Å². The molecular weight excluding hydrogens is 228 g/mol. The standard InChI is InChI=1S/C19H18/c1-15(16-9-5-3-6-10-16)13-18-14-19(18,2)17-11-7-4-8-12-17/h3-13H,1,14H2,2H3. The van der Waals surface area contributed by atoms with Gasteiger partial charge in [0.1, 0.15) is 0 Å². The molecule has 1 atom stereocenters. The van der Waals surface area contributed by atoms with Crippen LogP contribution in [0.4, 0.5) is 0 Å². The topological polar surface area (TPSA) is 0 Å². The highest BCUT2D eigenvalue weighted by molar-refractivity contribution is 5.75. The highest BCUT2D eigenvalue weighted by Gasteiger charge is 2.45. The van der Waals surface area contributed by atoms with E-state index in [2.05, 4.69) is 74.2 Å². The number of allylic oxidation sites excluding steroid dienone is 3. The average Bonchev–Trinajstić information content (AvgIpc) is 3.12. The summed E-state index contributed by atoms with van der Waals surface area (Å²) in [5, 5.41) is 0. The Bertz CT molecular complexity index is 620. The van der Waals surface area contributed by atoms with Crippen molar-refractivity contribution in [2.24, 2.45) is 0 Å². The van der Waals surface area contributed by atoms with Gasteiger partial charge in [0, 0.05) is 5.41 Å². The maximum atomic E-state index is 4.19. The minimum Gasteiger partial charge on any atom is -0.0912 e. The Morgan fingerprint density at radius 3 is 2.21 bits per heavy atom. The van der Waals surface area contributed by atoms with Gasteiger partial charge >= 0.3 is 0 Å². The van der Waals surface area contributed by atoms with Crippen LogP contribution in [0, 0.1) is 0 Å². The zero-order valence-electron chi connectivity index (χ0n) is 11.3. The molecule has 94 valence electrons. The van der Waals surface area contributed by atoms with Crippen molar-refractivity contribution in [1.82, 2.24) is 0 Å². The van der Waals surface area contributed by atoms with Gasteiger partial charge in [0.05, 0.1) is 0 Å². The van der Waals surface area contributed by atoms with Gasteiger partial charge in [-0.05, 0) is 23.1 Å². The Hall–Kier alpha value is -2.08. The molecule has 0 amide bonds. The largest absolute Gasteiger partial charge is 0.0912 e. The molecule has 0 radical (unpaired) electrons. The molecule has 1 unspecified atom stereocenters. The van der Waals surface area contributed by atoms with Crippen LogP contribution < -0.4 is 0 Å². The molecule has 1 aliphatic rings. The lowest BCUT2D eigenvalue weighted by atomic mass is 9.96. The number of hydrogen-bond acceptors (Lipinski definition) is 0. The summed E-state index contributed by atoms with van der Waals surface area (Å²) >= 11 is 0. The predicted octanol–water partition coefficient (Wildman–Crippen LogP) is 4.99. The predicted molar refractivity (Wildman–Crippen MR) is 82.0 cm³/mol. The lowest BCUT2D eigenvalue weighted by molar-refractivity contribution is 0.821. The number of benzene rings is 2. The smallest absolute Gasteiger partial charge is 0.0174 e. The molecule has 19 heavy (non-hydrogen) atoms. The van der Waals surface area contributed by atoms with Crippen molar-refractivity contribution in [3.63, 3.8) is 0 Å². The summed E-state index contributed by atoms with van der Waals surface area (Å²) in [6.07, 6.45) is 3.39. The normalized spacial score (nSPS) is 23.3. The molecule has 1 saturated carbocycles. The first-order chi connectivity index (χ1) is 9.20. The van der Waals surface area contributed by atoms with Gasteiger partial charge in [-0.3, -0.25) is 0 Å². The summed E-state index contributed by atoms with van der Waals surface area (Å²) in [5.41, 5.74) is 5.42. The molecule has 0 aromatic heterocycles. The highest BCUT2D eigenvalue weighted by atomic mass is 14.5. The van der Waals surface area contributed by atoms with E-state index >= 15 is 0 Å². The van der Waals surface area contributed by atoms with Crippen LogP contribution in [0.3, 0.4) is 0 Å². The molecule has 0 heteroatoms. The third kappa shape index (κ3) is 2.26. The molecule has 0 spiro atoms. The molecule has 0 nitrogen and oxygen atoms in total. The molecule has 0 aliphatic heterocycles. The second-order valence-electron chi connectivity index (χ2n) is 5.44. The second-order valence-corrected chi connectivity index (χ2v) is 5.44. The first-order valence-corrected chi connectivity index (χ1v) is 6.71. The van der Waals surface area contributed by atoms with Crippen LogP contribution in [0.25, 0.3) is 5.57 Å². The van der Waals surface area contributed by atoms with Gasteiger partial charge in [-0.1, -0.05) is 85.8 Å². The van der Waals surface area contributed by atoms with E-state index in [1.807, 2.05) is 6.07 Å². The maximum Gasteiger partial charge on any atom is 0.0174 e. The van der Waals surface area contributed by atoms with E-state index in [4.69, 9.17) is 0 Å². The molecular formula is C19H18. The van der Waals surface area contributed by atoms with Crippen molar-refractivity contribution in [2.75, 3.05) is 0 Å². The summed E-state index contributed by atoms with van der Waals surface area (Å²) in [6.45, 7) is 6.50. The van der Waals surface area contributed by atoms with Crippen molar-refractivity contribution in [3.8, 4) is 0 Å². The first kappa shape index (κ1) is 12.0. The summed E-state index contributed by atoms with van der Waals surface area (Å²) < 4.78 is 0. The minimum absolute atomic E-state index is 0.221. The van der Waals surface area contributed by atoms with Crippen molar-refractivity contribution in [1.29, 1.82) is 0 Å². The van der Waals surface area contributed by atoms with Crippen LogP contribution in [-0.4, -0.2) is 0 Å². The maximum absolute atomic E-state index is 4.19. The third-order valence-corrected chi connectivity index (χ3v) is 4.03. The van der Waals surface area contributed by atoms with Gasteiger partial charge in [0.2, 0.25) is 0 Å². The molecule has 1 aliphatic carbocycles. The van der Waals surface area contributed by atoms with E-state index < -0.39 is 0 Å². The monoisotopic (exact) mass is 246 g/mol. The second kappa shape index (κ2) is 4.55. The SMILES string of the molecule is C=C(C=C1CC1(C)c1ccccc1)c1ccccc1. The lowest BCUT2D eigenvalue weighted by Crippen LogP contribution is -1.99. The van der Waals surface area contributed by atoms with Crippen molar-refractivity contribution < 1.29 is 0 Å². The lowest BCUT2D eigenvalue weighted by Gasteiger charge is -2.08. The molecule has 2 aromatic rings. The Labute approximate surface area is 115 Å². The van der Waals surface area contributed by atoms with Gasteiger partial charge in [-0.15, -0.1) is 0 Å². The average molecular weight is 246 g/mol. The molecule has 3 rings (SSSR count). The number of hydrogen-bond donors (Lipinski definition) is 0. The van der Waals surface area contributed by atoms with Crippen LogP contribution in [0.15, 0.2) is 78.9 Å². The van der Waals surface area contributed by atoms with Crippen molar-refractivity contribution >= 4 is 5.57 Å². The van der Waals surface area contributed by atoms with Gasteiger partial charge in [-0.25, -0.2) is 0 Å². The van der Waals surface area contributed by atoms with Crippen LogP contribution in [0.5, 0.6) is 0 Å². The molecule has 2 aromatic carbocycles. The fourth-order valence-electron chi connectivity index (χ4n) is 2.59. The Morgan fingerprint density at radius 2 is 1.58 bits per heavy atom. The fraction of sp³-hybridized carbons (Fsp3) is 0.158. The van der Waals surface area contributed by atoms with Gasteiger partial charge in [0.25, 0.3) is 0 Å².